The largest absolute Gasteiger partial charge is 0.305 e. The van der Waals surface area contributed by atoms with E-state index in [-0.39, 0.29) is 6.04 Å². The Labute approximate surface area is 120 Å². The van der Waals surface area contributed by atoms with Crippen molar-refractivity contribution in [1.82, 2.24) is 15.3 Å². The van der Waals surface area contributed by atoms with E-state index < -0.39 is 0 Å². The molecule has 0 aliphatic heterocycles. The first-order chi connectivity index (χ1) is 8.72. The molecule has 2 aromatic rings. The third kappa shape index (κ3) is 3.07. The Bertz CT molecular complexity index is 519. The van der Waals surface area contributed by atoms with Gasteiger partial charge >= 0.3 is 0 Å². The third-order valence-corrected chi connectivity index (χ3v) is 3.51. The summed E-state index contributed by atoms with van der Waals surface area (Å²) >= 11 is 9.62. The lowest BCUT2D eigenvalue weighted by molar-refractivity contribution is 0.611. The molecule has 1 aromatic carbocycles. The smallest absolute Gasteiger partial charge is 0.0801 e. The Morgan fingerprint density at radius 3 is 2.89 bits per heavy atom. The van der Waals surface area contributed by atoms with E-state index in [9.17, 15) is 0 Å². The molecule has 1 aromatic heterocycles. The van der Waals surface area contributed by atoms with Crippen molar-refractivity contribution >= 4 is 27.5 Å². The number of nitrogens with zero attached hydrogens (tertiary/aromatic N) is 2. The van der Waals surface area contributed by atoms with Crippen molar-refractivity contribution in [2.75, 3.05) is 6.54 Å². The molecule has 1 heterocycles. The molecule has 0 aliphatic carbocycles. The number of rotatable bonds is 4. The molecular weight excluding hydrogens is 314 g/mol. The van der Waals surface area contributed by atoms with Gasteiger partial charge < -0.3 is 5.32 Å². The highest BCUT2D eigenvalue weighted by molar-refractivity contribution is 9.10. The van der Waals surface area contributed by atoms with Crippen LogP contribution in [0.2, 0.25) is 5.02 Å². The van der Waals surface area contributed by atoms with Gasteiger partial charge in [-0.3, -0.25) is 9.97 Å². The molecule has 94 valence electrons. The Morgan fingerprint density at radius 1 is 1.39 bits per heavy atom. The summed E-state index contributed by atoms with van der Waals surface area (Å²) in [7, 11) is 0. The summed E-state index contributed by atoms with van der Waals surface area (Å²) in [6.45, 7) is 2.89. The highest BCUT2D eigenvalue weighted by atomic mass is 79.9. The number of nitrogens with one attached hydrogen (secondary N) is 1. The molecule has 1 unspecified atom stereocenters. The molecule has 0 radical (unpaired) electrons. The first-order valence-electron chi connectivity index (χ1n) is 5.66. The first kappa shape index (κ1) is 13.5. The topological polar surface area (TPSA) is 37.8 Å². The standard InChI is InChI=1S/C13H13BrClN3/c1-2-17-13(12-8-16-5-6-18-12)10-7-9(15)3-4-11(10)14/h3-8,13,17H,2H2,1H3. The second-order valence-corrected chi connectivity index (χ2v) is 5.08. The van der Waals surface area contributed by atoms with Gasteiger partial charge in [-0.1, -0.05) is 34.5 Å². The molecule has 0 aliphatic rings. The summed E-state index contributed by atoms with van der Waals surface area (Å²) in [6.07, 6.45) is 5.12. The first-order valence-corrected chi connectivity index (χ1v) is 6.83. The minimum absolute atomic E-state index is 0.0169. The van der Waals surface area contributed by atoms with Crippen LogP contribution in [-0.2, 0) is 0 Å². The molecule has 0 spiro atoms. The Balaban J connectivity index is 2.44. The zero-order chi connectivity index (χ0) is 13.0. The second-order valence-electron chi connectivity index (χ2n) is 3.79. The highest BCUT2D eigenvalue weighted by Crippen LogP contribution is 2.29. The number of aromatic nitrogens is 2. The molecule has 2 rings (SSSR count). The lowest BCUT2D eigenvalue weighted by Gasteiger charge is -2.19. The van der Waals surface area contributed by atoms with Crippen molar-refractivity contribution in [3.05, 3.63) is 57.5 Å². The number of halogens is 2. The number of hydrogen-bond donors (Lipinski definition) is 1. The van der Waals surface area contributed by atoms with Crippen molar-refractivity contribution in [3.8, 4) is 0 Å². The molecule has 3 nitrogen and oxygen atoms in total. The van der Waals surface area contributed by atoms with Gasteiger partial charge in [0.05, 0.1) is 17.9 Å². The molecule has 0 bridgehead atoms. The molecule has 0 saturated heterocycles. The fourth-order valence-electron chi connectivity index (χ4n) is 1.77. The molecule has 0 amide bonds. The van der Waals surface area contributed by atoms with Crippen LogP contribution in [-0.4, -0.2) is 16.5 Å². The van der Waals surface area contributed by atoms with Crippen molar-refractivity contribution in [2.45, 2.75) is 13.0 Å². The van der Waals surface area contributed by atoms with Crippen LogP contribution in [0, 0.1) is 0 Å². The fourth-order valence-corrected chi connectivity index (χ4v) is 2.43. The summed E-state index contributed by atoms with van der Waals surface area (Å²) in [4.78, 5) is 8.47. The van der Waals surface area contributed by atoms with Gasteiger partial charge in [-0.2, -0.15) is 0 Å². The van der Waals surface area contributed by atoms with Gasteiger partial charge in [-0.25, -0.2) is 0 Å². The summed E-state index contributed by atoms with van der Waals surface area (Å²) in [5.41, 5.74) is 1.94. The molecule has 0 saturated carbocycles. The molecular formula is C13H13BrClN3. The zero-order valence-corrected chi connectivity index (χ0v) is 12.2. The van der Waals surface area contributed by atoms with E-state index in [1.807, 2.05) is 18.2 Å². The average molecular weight is 327 g/mol. The molecule has 1 atom stereocenters. The van der Waals surface area contributed by atoms with Gasteiger partial charge in [-0.05, 0) is 30.3 Å². The van der Waals surface area contributed by atoms with Gasteiger partial charge in [0.2, 0.25) is 0 Å². The van der Waals surface area contributed by atoms with Crippen LogP contribution in [0.1, 0.15) is 24.2 Å². The number of benzene rings is 1. The van der Waals surface area contributed by atoms with E-state index in [4.69, 9.17) is 11.6 Å². The molecule has 0 fully saturated rings. The van der Waals surface area contributed by atoms with Crippen LogP contribution >= 0.6 is 27.5 Å². The van der Waals surface area contributed by atoms with Gasteiger partial charge in [0.1, 0.15) is 0 Å². The summed E-state index contributed by atoms with van der Waals surface area (Å²) in [6, 6.07) is 5.72. The predicted octanol–water partition coefficient (Wildman–Crippen LogP) is 3.59. The maximum Gasteiger partial charge on any atom is 0.0801 e. The van der Waals surface area contributed by atoms with Crippen LogP contribution in [0.3, 0.4) is 0 Å². The van der Waals surface area contributed by atoms with Crippen LogP contribution in [0.5, 0.6) is 0 Å². The van der Waals surface area contributed by atoms with E-state index in [0.717, 1.165) is 22.3 Å². The van der Waals surface area contributed by atoms with E-state index in [1.54, 1.807) is 18.6 Å². The lowest BCUT2D eigenvalue weighted by Crippen LogP contribution is -2.23. The fraction of sp³-hybridized carbons (Fsp3) is 0.231. The predicted molar refractivity (Wildman–Crippen MR) is 76.7 cm³/mol. The highest BCUT2D eigenvalue weighted by Gasteiger charge is 2.17. The van der Waals surface area contributed by atoms with E-state index in [1.165, 1.54) is 0 Å². The molecule has 5 heteroatoms. The van der Waals surface area contributed by atoms with E-state index >= 15 is 0 Å². The Kier molecular flexibility index (Phi) is 4.69. The van der Waals surface area contributed by atoms with Crippen molar-refractivity contribution in [2.24, 2.45) is 0 Å². The second kappa shape index (κ2) is 6.27. The number of hydrogen-bond acceptors (Lipinski definition) is 3. The van der Waals surface area contributed by atoms with Crippen molar-refractivity contribution in [1.29, 1.82) is 0 Å². The quantitative estimate of drug-likeness (QED) is 0.933. The van der Waals surface area contributed by atoms with Gasteiger partial charge in [0.15, 0.2) is 0 Å². The summed E-state index contributed by atoms with van der Waals surface area (Å²) < 4.78 is 1.00. The minimum Gasteiger partial charge on any atom is -0.305 e. The summed E-state index contributed by atoms with van der Waals surface area (Å²) in [5, 5.41) is 4.10. The SMILES string of the molecule is CCNC(c1cnccn1)c1cc(Cl)ccc1Br. The van der Waals surface area contributed by atoms with Crippen LogP contribution in [0.4, 0.5) is 0 Å². The third-order valence-electron chi connectivity index (χ3n) is 2.56. The van der Waals surface area contributed by atoms with Gasteiger partial charge in [0.25, 0.3) is 0 Å². The summed E-state index contributed by atoms with van der Waals surface area (Å²) in [5.74, 6) is 0. The minimum atomic E-state index is -0.0169. The van der Waals surface area contributed by atoms with Crippen LogP contribution < -0.4 is 5.32 Å². The van der Waals surface area contributed by atoms with Crippen molar-refractivity contribution < 1.29 is 0 Å². The zero-order valence-electron chi connectivity index (χ0n) is 9.90. The average Bonchev–Trinajstić information content (AvgIpc) is 2.40. The maximum absolute atomic E-state index is 6.06. The van der Waals surface area contributed by atoms with Crippen LogP contribution in [0.15, 0.2) is 41.3 Å². The molecule has 18 heavy (non-hydrogen) atoms. The van der Waals surface area contributed by atoms with Gasteiger partial charge in [0, 0.05) is 21.9 Å². The maximum atomic E-state index is 6.06. The van der Waals surface area contributed by atoms with E-state index in [2.05, 4.69) is 38.1 Å². The van der Waals surface area contributed by atoms with Gasteiger partial charge in [-0.15, -0.1) is 0 Å². The van der Waals surface area contributed by atoms with Crippen molar-refractivity contribution in [3.63, 3.8) is 0 Å². The Hall–Kier alpha value is -0.970. The van der Waals surface area contributed by atoms with Crippen LogP contribution in [0.25, 0.3) is 0 Å². The van der Waals surface area contributed by atoms with E-state index in [0.29, 0.717) is 5.02 Å². The normalized spacial score (nSPS) is 12.4. The lowest BCUT2D eigenvalue weighted by atomic mass is 10.0. The molecule has 1 N–H and O–H groups in total. The monoisotopic (exact) mass is 325 g/mol. The Morgan fingerprint density at radius 2 is 2.22 bits per heavy atom.